The van der Waals surface area contributed by atoms with Gasteiger partial charge in [0.05, 0.1) is 29.5 Å². The third-order valence-corrected chi connectivity index (χ3v) is 8.21. The molecule has 0 unspecified atom stereocenters. The van der Waals surface area contributed by atoms with Crippen LogP contribution in [0.2, 0.25) is 0 Å². The minimum Gasteiger partial charge on any atom is -0.493 e. The van der Waals surface area contributed by atoms with Gasteiger partial charge in [-0.15, -0.1) is 11.3 Å². The zero-order valence-electron chi connectivity index (χ0n) is 18.4. The highest BCUT2D eigenvalue weighted by Crippen LogP contribution is 2.44. The van der Waals surface area contributed by atoms with Crippen molar-refractivity contribution in [2.75, 3.05) is 6.61 Å². The molecule has 2 aromatic carbocycles. The van der Waals surface area contributed by atoms with Gasteiger partial charge in [0.2, 0.25) is 0 Å². The predicted molar refractivity (Wildman–Crippen MR) is 124 cm³/mol. The molecule has 0 aliphatic carbocycles. The van der Waals surface area contributed by atoms with E-state index in [1.165, 1.54) is 35.7 Å². The molecule has 1 aliphatic rings. The summed E-state index contributed by atoms with van der Waals surface area (Å²) < 4.78 is 84.9. The second-order valence-corrected chi connectivity index (χ2v) is 11.0. The number of benzene rings is 2. The van der Waals surface area contributed by atoms with Gasteiger partial charge >= 0.3 is 6.18 Å². The van der Waals surface area contributed by atoms with Crippen LogP contribution in [0.1, 0.15) is 34.9 Å². The Kier molecular flexibility index (Phi) is 6.25. The minimum absolute atomic E-state index is 0.0256. The van der Waals surface area contributed by atoms with Crippen LogP contribution in [0, 0.1) is 5.82 Å². The largest absolute Gasteiger partial charge is 0.493 e. The SMILES string of the molecule is O=S(=O)(Cc1ncc(F)cn1)c1ccc2c(c1)OCC[C@@H]2c1ccc(C(F)(F)F)cc1-c1nccs1. The molecular weight excluding hydrogens is 518 g/mol. The van der Waals surface area contributed by atoms with Crippen LogP contribution in [0.5, 0.6) is 5.75 Å². The molecule has 4 aromatic rings. The normalized spacial score (nSPS) is 15.8. The molecule has 2 aromatic heterocycles. The van der Waals surface area contributed by atoms with Crippen molar-refractivity contribution in [2.45, 2.75) is 29.2 Å². The maximum Gasteiger partial charge on any atom is 0.416 e. The van der Waals surface area contributed by atoms with Gasteiger partial charge < -0.3 is 4.74 Å². The molecule has 0 N–H and O–H groups in total. The number of rotatable bonds is 5. The molecule has 1 atom stereocenters. The number of alkyl halides is 3. The van der Waals surface area contributed by atoms with Gasteiger partial charge in [-0.2, -0.15) is 13.2 Å². The lowest BCUT2D eigenvalue weighted by Crippen LogP contribution is -2.17. The van der Waals surface area contributed by atoms with Crippen molar-refractivity contribution in [3.63, 3.8) is 0 Å². The van der Waals surface area contributed by atoms with Crippen molar-refractivity contribution in [3.05, 3.63) is 88.7 Å². The molecule has 186 valence electrons. The van der Waals surface area contributed by atoms with Gasteiger partial charge in [-0.25, -0.2) is 27.8 Å². The number of hydrogen-bond acceptors (Lipinski definition) is 7. The number of ether oxygens (including phenoxy) is 1. The number of sulfone groups is 1. The Balaban J connectivity index is 1.53. The summed E-state index contributed by atoms with van der Waals surface area (Å²) in [6, 6.07) is 8.03. The molecule has 0 fully saturated rings. The number of nitrogens with zero attached hydrogens (tertiary/aromatic N) is 3. The maximum atomic E-state index is 13.4. The molecule has 6 nitrogen and oxygen atoms in total. The monoisotopic (exact) mass is 535 g/mol. The van der Waals surface area contributed by atoms with Crippen LogP contribution >= 0.6 is 11.3 Å². The first-order valence-corrected chi connectivity index (χ1v) is 13.2. The standard InChI is InChI=1S/C24H17F4N3O3S2/c25-15-11-30-22(31-12-15)13-36(32,33)16-2-4-19-18(5-7-34-21(19)10-16)17-3-1-14(24(26,27)28)9-20(17)23-29-6-8-35-23/h1-4,6,8-12,18H,5,7,13H2/t18-/m1/s1. The molecule has 0 amide bonds. The van der Waals surface area contributed by atoms with Crippen LogP contribution in [0.4, 0.5) is 17.6 Å². The summed E-state index contributed by atoms with van der Waals surface area (Å²) >= 11 is 1.24. The van der Waals surface area contributed by atoms with Crippen molar-refractivity contribution in [3.8, 4) is 16.3 Å². The molecule has 3 heterocycles. The third-order valence-electron chi connectivity index (χ3n) is 5.80. The van der Waals surface area contributed by atoms with E-state index >= 15 is 0 Å². The first-order chi connectivity index (χ1) is 17.1. The highest BCUT2D eigenvalue weighted by Gasteiger charge is 2.33. The average molecular weight is 536 g/mol. The van der Waals surface area contributed by atoms with E-state index in [9.17, 15) is 26.0 Å². The van der Waals surface area contributed by atoms with Gasteiger partial charge in [-0.3, -0.25) is 0 Å². The van der Waals surface area contributed by atoms with Gasteiger partial charge in [-0.05, 0) is 36.2 Å². The van der Waals surface area contributed by atoms with Gasteiger partial charge in [0.25, 0.3) is 0 Å². The maximum absolute atomic E-state index is 13.4. The van der Waals surface area contributed by atoms with Crippen molar-refractivity contribution in [1.82, 2.24) is 15.0 Å². The summed E-state index contributed by atoms with van der Waals surface area (Å²) in [5.74, 6) is -1.25. The quantitative estimate of drug-likeness (QED) is 0.308. The Morgan fingerprint density at radius 2 is 1.78 bits per heavy atom. The summed E-state index contributed by atoms with van der Waals surface area (Å²) in [4.78, 5) is 11.6. The fraction of sp³-hybridized carbons (Fsp3) is 0.208. The van der Waals surface area contributed by atoms with E-state index < -0.39 is 33.1 Å². The Bertz CT molecular complexity index is 1510. The molecule has 0 saturated heterocycles. The van der Waals surface area contributed by atoms with Crippen molar-refractivity contribution in [2.24, 2.45) is 0 Å². The van der Waals surface area contributed by atoms with E-state index in [1.54, 1.807) is 11.4 Å². The van der Waals surface area contributed by atoms with E-state index in [0.29, 0.717) is 33.9 Å². The average Bonchev–Trinajstić information content (AvgIpc) is 3.39. The van der Waals surface area contributed by atoms with Crippen molar-refractivity contribution < 1.29 is 30.7 Å². The van der Waals surface area contributed by atoms with E-state index in [4.69, 9.17) is 4.74 Å². The van der Waals surface area contributed by atoms with Gasteiger partial charge in [0, 0.05) is 28.6 Å². The van der Waals surface area contributed by atoms with Crippen LogP contribution in [0.25, 0.3) is 10.6 Å². The fourth-order valence-corrected chi connectivity index (χ4v) is 6.02. The van der Waals surface area contributed by atoms with Gasteiger partial charge in [-0.1, -0.05) is 12.1 Å². The molecule has 0 saturated carbocycles. The first kappa shape index (κ1) is 24.3. The Hall–Kier alpha value is -3.38. The van der Waals surface area contributed by atoms with Gasteiger partial charge in [0.15, 0.2) is 15.7 Å². The topological polar surface area (TPSA) is 82.0 Å². The molecular formula is C24H17F4N3O3S2. The number of halogens is 4. The van der Waals surface area contributed by atoms with Crippen LogP contribution in [0.15, 0.2) is 65.3 Å². The summed E-state index contributed by atoms with van der Waals surface area (Å²) in [5.41, 5.74) is 0.921. The van der Waals surface area contributed by atoms with E-state index in [2.05, 4.69) is 15.0 Å². The number of hydrogen-bond donors (Lipinski definition) is 0. The van der Waals surface area contributed by atoms with Crippen molar-refractivity contribution >= 4 is 21.2 Å². The second-order valence-electron chi connectivity index (χ2n) is 8.10. The Morgan fingerprint density at radius 3 is 2.47 bits per heavy atom. The number of aromatic nitrogens is 3. The summed E-state index contributed by atoms with van der Waals surface area (Å²) in [6.07, 6.45) is -0.698. The smallest absolute Gasteiger partial charge is 0.416 e. The van der Waals surface area contributed by atoms with Crippen LogP contribution in [-0.4, -0.2) is 30.0 Å². The molecule has 12 heteroatoms. The zero-order chi connectivity index (χ0) is 25.5. The lowest BCUT2D eigenvalue weighted by Gasteiger charge is -2.28. The molecule has 36 heavy (non-hydrogen) atoms. The predicted octanol–water partition coefficient (Wildman–Crippen LogP) is 5.65. The van der Waals surface area contributed by atoms with Crippen LogP contribution in [-0.2, 0) is 21.8 Å². The lowest BCUT2D eigenvalue weighted by molar-refractivity contribution is -0.137. The minimum atomic E-state index is -4.50. The second kappa shape index (κ2) is 9.25. The third kappa shape index (κ3) is 4.82. The van der Waals surface area contributed by atoms with Gasteiger partial charge in [0.1, 0.15) is 22.3 Å². The highest BCUT2D eigenvalue weighted by molar-refractivity contribution is 7.90. The molecule has 0 radical (unpaired) electrons. The fourth-order valence-electron chi connectivity index (χ4n) is 4.13. The molecule has 0 spiro atoms. The molecule has 5 rings (SSSR count). The van der Waals surface area contributed by atoms with E-state index in [-0.39, 0.29) is 23.2 Å². The summed E-state index contributed by atoms with van der Waals surface area (Å²) in [7, 11) is -3.87. The first-order valence-electron chi connectivity index (χ1n) is 10.7. The number of thiazole rings is 1. The highest BCUT2D eigenvalue weighted by atomic mass is 32.2. The zero-order valence-corrected chi connectivity index (χ0v) is 20.0. The summed E-state index contributed by atoms with van der Waals surface area (Å²) in [5, 5.41) is 2.15. The van der Waals surface area contributed by atoms with Crippen LogP contribution < -0.4 is 4.74 Å². The Morgan fingerprint density at radius 1 is 1.03 bits per heavy atom. The lowest BCUT2D eigenvalue weighted by atomic mass is 9.83. The number of fused-ring (bicyclic) bond motifs is 1. The van der Waals surface area contributed by atoms with E-state index in [1.807, 2.05) is 0 Å². The molecule has 0 bridgehead atoms. The van der Waals surface area contributed by atoms with E-state index in [0.717, 1.165) is 24.5 Å². The summed E-state index contributed by atoms with van der Waals surface area (Å²) in [6.45, 7) is 0.251. The Labute approximate surface area is 207 Å². The van der Waals surface area contributed by atoms with Crippen LogP contribution in [0.3, 0.4) is 0 Å². The molecule has 1 aliphatic heterocycles. The van der Waals surface area contributed by atoms with Crippen molar-refractivity contribution in [1.29, 1.82) is 0 Å².